The summed E-state index contributed by atoms with van der Waals surface area (Å²) in [5.74, 6) is -0.110. The Morgan fingerprint density at radius 1 is 1.09 bits per heavy atom. The fourth-order valence-corrected chi connectivity index (χ4v) is 4.36. The number of anilines is 1. The van der Waals surface area contributed by atoms with Gasteiger partial charge in [-0.3, -0.25) is 23.6 Å². The van der Waals surface area contributed by atoms with Crippen LogP contribution in [-0.4, -0.2) is 40.8 Å². The Morgan fingerprint density at radius 2 is 1.86 bits per heavy atom. The van der Waals surface area contributed by atoms with Gasteiger partial charge in [0.2, 0.25) is 0 Å². The third kappa shape index (κ3) is 3.63. The van der Waals surface area contributed by atoms with E-state index in [4.69, 9.17) is 5.73 Å². The van der Waals surface area contributed by atoms with Crippen LogP contribution < -0.4 is 16.7 Å². The van der Waals surface area contributed by atoms with Gasteiger partial charge in [-0.05, 0) is 44.5 Å². The first-order chi connectivity index (χ1) is 16.7. The number of rotatable bonds is 4. The second-order valence-electron chi connectivity index (χ2n) is 8.96. The number of carbonyl (C=O) groups is 1. The number of benzene rings is 1. The number of pyridine rings is 2. The van der Waals surface area contributed by atoms with E-state index in [1.165, 1.54) is 0 Å². The quantitative estimate of drug-likeness (QED) is 0.416. The van der Waals surface area contributed by atoms with Crippen LogP contribution in [0.2, 0.25) is 0 Å². The molecule has 0 saturated heterocycles. The fraction of sp³-hybridized carbons (Fsp3) is 0.240. The van der Waals surface area contributed by atoms with Gasteiger partial charge in [-0.25, -0.2) is 9.78 Å². The van der Waals surface area contributed by atoms with Crippen LogP contribution in [-0.2, 0) is 14.1 Å². The molecule has 1 aromatic carbocycles. The summed E-state index contributed by atoms with van der Waals surface area (Å²) in [7, 11) is 3.55. The number of imidazole rings is 1. The van der Waals surface area contributed by atoms with Crippen LogP contribution in [0.1, 0.15) is 29.9 Å². The van der Waals surface area contributed by atoms with E-state index >= 15 is 0 Å². The summed E-state index contributed by atoms with van der Waals surface area (Å²) >= 11 is 0. The molecule has 5 aromatic rings. The van der Waals surface area contributed by atoms with Crippen molar-refractivity contribution in [2.75, 3.05) is 5.73 Å². The third-order valence-corrected chi connectivity index (χ3v) is 6.03. The van der Waals surface area contributed by atoms with E-state index in [9.17, 15) is 9.59 Å². The van der Waals surface area contributed by atoms with Gasteiger partial charge in [0.25, 0.3) is 5.91 Å². The molecule has 0 bridgehead atoms. The molecule has 0 atom stereocenters. The summed E-state index contributed by atoms with van der Waals surface area (Å²) in [5, 5.41) is 8.07. The van der Waals surface area contributed by atoms with E-state index < -0.39 is 0 Å². The van der Waals surface area contributed by atoms with Crippen LogP contribution >= 0.6 is 0 Å². The molecule has 0 fully saturated rings. The van der Waals surface area contributed by atoms with Crippen molar-refractivity contribution in [1.29, 1.82) is 0 Å². The smallest absolute Gasteiger partial charge is 0.333 e. The minimum atomic E-state index is -0.277. The van der Waals surface area contributed by atoms with Crippen LogP contribution in [0.3, 0.4) is 0 Å². The number of aromatic nitrogens is 6. The number of fused-ring (bicyclic) bond motifs is 3. The number of nitrogens with two attached hydrogens (primary N) is 1. The molecular weight excluding hydrogens is 444 g/mol. The first-order valence-corrected chi connectivity index (χ1v) is 11.2. The van der Waals surface area contributed by atoms with E-state index in [0.717, 1.165) is 33.2 Å². The Balaban J connectivity index is 1.76. The maximum absolute atomic E-state index is 13.3. The first kappa shape index (κ1) is 22.3. The van der Waals surface area contributed by atoms with Crippen molar-refractivity contribution >= 4 is 33.7 Å². The molecule has 0 aliphatic rings. The third-order valence-electron chi connectivity index (χ3n) is 6.03. The van der Waals surface area contributed by atoms with Gasteiger partial charge in [0, 0.05) is 43.5 Å². The number of carbonyl (C=O) groups excluding carboxylic acids is 1. The largest absolute Gasteiger partial charge is 0.383 e. The van der Waals surface area contributed by atoms with Gasteiger partial charge < -0.3 is 11.1 Å². The van der Waals surface area contributed by atoms with Gasteiger partial charge >= 0.3 is 5.69 Å². The van der Waals surface area contributed by atoms with Crippen molar-refractivity contribution in [2.45, 2.75) is 26.8 Å². The van der Waals surface area contributed by atoms with Crippen molar-refractivity contribution in [3.05, 3.63) is 64.6 Å². The second kappa shape index (κ2) is 8.08. The first-order valence-electron chi connectivity index (χ1n) is 11.2. The molecule has 35 heavy (non-hydrogen) atoms. The maximum atomic E-state index is 13.3. The predicted molar refractivity (Wildman–Crippen MR) is 136 cm³/mol. The molecule has 178 valence electrons. The van der Waals surface area contributed by atoms with E-state index in [1.807, 2.05) is 52.2 Å². The molecule has 4 aromatic heterocycles. The Labute approximate surface area is 201 Å². The van der Waals surface area contributed by atoms with E-state index in [1.54, 1.807) is 39.3 Å². The summed E-state index contributed by atoms with van der Waals surface area (Å²) in [5.41, 5.74) is 11.3. The zero-order chi connectivity index (χ0) is 25.0. The number of aryl methyl sites for hydroxylation is 3. The molecule has 10 heteroatoms. The highest BCUT2D eigenvalue weighted by atomic mass is 16.2. The summed E-state index contributed by atoms with van der Waals surface area (Å²) < 4.78 is 4.95. The Kier molecular flexibility index (Phi) is 5.16. The average molecular weight is 471 g/mol. The molecule has 0 aliphatic heterocycles. The van der Waals surface area contributed by atoms with Crippen molar-refractivity contribution in [1.82, 2.24) is 34.2 Å². The van der Waals surface area contributed by atoms with Crippen molar-refractivity contribution in [2.24, 2.45) is 14.1 Å². The van der Waals surface area contributed by atoms with Crippen LogP contribution in [0.15, 0.2) is 47.7 Å². The summed E-state index contributed by atoms with van der Waals surface area (Å²) in [6, 6.07) is 7.48. The lowest BCUT2D eigenvalue weighted by Crippen LogP contribution is -2.30. The lowest BCUT2D eigenvalue weighted by Gasteiger charge is -2.12. The van der Waals surface area contributed by atoms with Crippen LogP contribution in [0.25, 0.3) is 38.8 Å². The van der Waals surface area contributed by atoms with E-state index in [2.05, 4.69) is 20.4 Å². The van der Waals surface area contributed by atoms with E-state index in [0.29, 0.717) is 16.8 Å². The molecule has 0 saturated carbocycles. The summed E-state index contributed by atoms with van der Waals surface area (Å²) in [6.07, 6.45) is 5.18. The minimum absolute atomic E-state index is 0.0312. The van der Waals surface area contributed by atoms with Crippen LogP contribution in [0.5, 0.6) is 0 Å². The molecular formula is C25H26N8O2. The normalized spacial score (nSPS) is 11.6. The van der Waals surface area contributed by atoms with Crippen LogP contribution in [0.4, 0.5) is 5.82 Å². The zero-order valence-corrected chi connectivity index (χ0v) is 20.2. The van der Waals surface area contributed by atoms with Gasteiger partial charge in [0.05, 0.1) is 39.7 Å². The highest BCUT2D eigenvalue weighted by molar-refractivity contribution is 6.05. The number of nitrogen functional groups attached to an aromatic ring is 1. The van der Waals surface area contributed by atoms with E-state index in [-0.39, 0.29) is 23.5 Å². The standard InChI is InChI=1S/C25H26N8O2/c1-13(2)29-24(34)18-9-16(10-28-23(18)26)15-6-7-19-17(8-15)22-20(11-27-19)32(5)25(35)33(22)21-12-31(4)30-14(21)3/h6-13H,1-5H3,(H2,26,28)(H,29,34). The summed E-state index contributed by atoms with van der Waals surface area (Å²) in [4.78, 5) is 34.8. The molecule has 3 N–H and O–H groups in total. The predicted octanol–water partition coefficient (Wildman–Crippen LogP) is 2.70. The number of hydrogen-bond donors (Lipinski definition) is 2. The van der Waals surface area contributed by atoms with Gasteiger partial charge in [-0.1, -0.05) is 6.07 Å². The monoisotopic (exact) mass is 470 g/mol. The van der Waals surface area contributed by atoms with Crippen molar-refractivity contribution in [3.63, 3.8) is 0 Å². The second-order valence-corrected chi connectivity index (χ2v) is 8.96. The van der Waals surface area contributed by atoms with Crippen LogP contribution in [0, 0.1) is 6.92 Å². The van der Waals surface area contributed by atoms with Gasteiger partial charge in [-0.15, -0.1) is 0 Å². The average Bonchev–Trinajstić information content (AvgIpc) is 3.27. The Hall–Kier alpha value is -4.47. The lowest BCUT2D eigenvalue weighted by atomic mass is 10.0. The van der Waals surface area contributed by atoms with Crippen molar-refractivity contribution in [3.8, 4) is 16.8 Å². The number of nitrogens with one attached hydrogen (secondary N) is 1. The molecule has 0 spiro atoms. The molecule has 0 radical (unpaired) electrons. The lowest BCUT2D eigenvalue weighted by molar-refractivity contribution is 0.0944. The number of nitrogens with zero attached hydrogens (tertiary/aromatic N) is 6. The molecule has 10 nitrogen and oxygen atoms in total. The maximum Gasteiger partial charge on any atom is 0.333 e. The van der Waals surface area contributed by atoms with Gasteiger partial charge in [-0.2, -0.15) is 5.10 Å². The van der Waals surface area contributed by atoms with Gasteiger partial charge in [0.15, 0.2) is 0 Å². The molecule has 5 rings (SSSR count). The van der Waals surface area contributed by atoms with Crippen molar-refractivity contribution < 1.29 is 4.79 Å². The number of amides is 1. The Morgan fingerprint density at radius 3 is 2.54 bits per heavy atom. The highest BCUT2D eigenvalue weighted by Crippen LogP contribution is 2.31. The summed E-state index contributed by atoms with van der Waals surface area (Å²) in [6.45, 7) is 5.64. The van der Waals surface area contributed by atoms with Gasteiger partial charge in [0.1, 0.15) is 5.82 Å². The molecule has 1 amide bonds. The topological polar surface area (TPSA) is 126 Å². The molecule has 0 unspecified atom stereocenters. The highest BCUT2D eigenvalue weighted by Gasteiger charge is 2.20. The minimum Gasteiger partial charge on any atom is -0.383 e. The SMILES string of the molecule is Cc1nn(C)cc1-n1c(=O)n(C)c2cnc3ccc(-c4cnc(N)c(C(=O)NC(C)C)c4)cc3c21. The zero-order valence-electron chi connectivity index (χ0n) is 20.2. The molecule has 0 aliphatic carbocycles. The molecule has 4 heterocycles. The Bertz CT molecular complexity index is 1690. The number of hydrogen-bond acceptors (Lipinski definition) is 6. The fourth-order valence-electron chi connectivity index (χ4n) is 4.36.